The van der Waals surface area contributed by atoms with Crippen molar-refractivity contribution in [1.29, 1.82) is 0 Å². The lowest BCUT2D eigenvalue weighted by atomic mass is 10.3. The van der Waals surface area contributed by atoms with Gasteiger partial charge in [0, 0.05) is 6.61 Å². The fourth-order valence-corrected chi connectivity index (χ4v) is 1.06. The monoisotopic (exact) mass is 196 g/mol. The fourth-order valence-electron chi connectivity index (χ4n) is 1.06. The van der Waals surface area contributed by atoms with Crippen molar-refractivity contribution in [1.82, 2.24) is 0 Å². The summed E-state index contributed by atoms with van der Waals surface area (Å²) >= 11 is 0. The van der Waals surface area contributed by atoms with Crippen LogP contribution < -0.4 is 4.74 Å². The molecule has 0 bridgehead atoms. The molecule has 3 heteroatoms. The number of ether oxygens (including phenoxy) is 2. The minimum absolute atomic E-state index is 0.0328. The Morgan fingerprint density at radius 1 is 1.29 bits per heavy atom. The number of hydrogen-bond acceptors (Lipinski definition) is 3. The van der Waals surface area contributed by atoms with Gasteiger partial charge in [0.2, 0.25) is 0 Å². The van der Waals surface area contributed by atoms with Crippen LogP contribution in [-0.4, -0.2) is 31.0 Å². The molecule has 0 aliphatic heterocycles. The molecule has 14 heavy (non-hydrogen) atoms. The van der Waals surface area contributed by atoms with Gasteiger partial charge in [-0.2, -0.15) is 0 Å². The summed E-state index contributed by atoms with van der Waals surface area (Å²) in [5.74, 6) is 0.756. The van der Waals surface area contributed by atoms with Gasteiger partial charge >= 0.3 is 0 Å². The molecule has 0 aliphatic carbocycles. The summed E-state index contributed by atoms with van der Waals surface area (Å²) in [5.41, 5.74) is 0. The summed E-state index contributed by atoms with van der Waals surface area (Å²) in [7, 11) is 0. The van der Waals surface area contributed by atoms with Crippen molar-refractivity contribution in [2.45, 2.75) is 13.0 Å². The maximum absolute atomic E-state index is 9.01. The second kappa shape index (κ2) is 6.40. The number of para-hydroxylation sites is 1. The van der Waals surface area contributed by atoms with Crippen molar-refractivity contribution in [3.63, 3.8) is 0 Å². The maximum atomic E-state index is 9.01. The Hall–Kier alpha value is -1.06. The average molecular weight is 196 g/mol. The van der Waals surface area contributed by atoms with Gasteiger partial charge in [-0.3, -0.25) is 0 Å². The first-order valence-corrected chi connectivity index (χ1v) is 4.77. The van der Waals surface area contributed by atoms with Crippen molar-refractivity contribution in [3.8, 4) is 5.75 Å². The van der Waals surface area contributed by atoms with E-state index in [4.69, 9.17) is 14.6 Å². The van der Waals surface area contributed by atoms with Crippen LogP contribution in [0.3, 0.4) is 0 Å². The Kier molecular flexibility index (Phi) is 5.04. The zero-order valence-corrected chi connectivity index (χ0v) is 8.35. The first-order chi connectivity index (χ1) is 6.86. The molecule has 0 radical (unpaired) electrons. The van der Waals surface area contributed by atoms with Crippen LogP contribution in [0.1, 0.15) is 6.92 Å². The lowest BCUT2D eigenvalue weighted by molar-refractivity contribution is 0.0246. The summed E-state index contributed by atoms with van der Waals surface area (Å²) in [6.45, 7) is 2.93. The van der Waals surface area contributed by atoms with Crippen LogP contribution in [0.4, 0.5) is 0 Å². The number of rotatable bonds is 6. The Labute approximate surface area is 84.3 Å². The van der Waals surface area contributed by atoms with Gasteiger partial charge in [0.25, 0.3) is 0 Å². The molecule has 1 aromatic carbocycles. The van der Waals surface area contributed by atoms with E-state index in [0.29, 0.717) is 13.2 Å². The molecule has 3 nitrogen and oxygen atoms in total. The number of benzene rings is 1. The van der Waals surface area contributed by atoms with E-state index in [1.807, 2.05) is 37.3 Å². The molecule has 0 amide bonds. The molecule has 78 valence electrons. The van der Waals surface area contributed by atoms with Crippen molar-refractivity contribution in [2.24, 2.45) is 0 Å². The van der Waals surface area contributed by atoms with Crippen LogP contribution in [-0.2, 0) is 4.74 Å². The number of aliphatic hydroxyl groups excluding tert-OH is 1. The normalized spacial score (nSPS) is 12.4. The average Bonchev–Trinajstić information content (AvgIpc) is 2.25. The third-order valence-corrected chi connectivity index (χ3v) is 1.76. The van der Waals surface area contributed by atoms with Crippen molar-refractivity contribution >= 4 is 0 Å². The summed E-state index contributed by atoms with van der Waals surface area (Å²) in [4.78, 5) is 0. The molecule has 1 N–H and O–H groups in total. The highest BCUT2D eigenvalue weighted by atomic mass is 16.5. The highest BCUT2D eigenvalue weighted by molar-refractivity contribution is 5.21. The Morgan fingerprint density at radius 2 is 2.00 bits per heavy atom. The molecule has 0 spiro atoms. The van der Waals surface area contributed by atoms with Crippen molar-refractivity contribution < 1.29 is 14.6 Å². The molecule has 0 aromatic heterocycles. The molecule has 0 aliphatic rings. The Balaban J connectivity index is 2.40. The van der Waals surface area contributed by atoms with Crippen molar-refractivity contribution in [2.75, 3.05) is 19.8 Å². The third kappa shape index (κ3) is 3.77. The van der Waals surface area contributed by atoms with Crippen LogP contribution in [0.25, 0.3) is 0 Å². The SMILES string of the molecule is CCOCC(CO)Oc1ccccc1. The Bertz CT molecular complexity index is 236. The molecule has 1 atom stereocenters. The van der Waals surface area contributed by atoms with Crippen LogP contribution in [0.5, 0.6) is 5.75 Å². The van der Waals surface area contributed by atoms with Gasteiger partial charge in [-0.1, -0.05) is 18.2 Å². The van der Waals surface area contributed by atoms with Gasteiger partial charge in [0.05, 0.1) is 13.2 Å². The van der Waals surface area contributed by atoms with E-state index in [2.05, 4.69) is 0 Å². The molecule has 0 fully saturated rings. The van der Waals surface area contributed by atoms with E-state index in [-0.39, 0.29) is 12.7 Å². The van der Waals surface area contributed by atoms with Gasteiger partial charge in [0.15, 0.2) is 0 Å². The summed E-state index contributed by atoms with van der Waals surface area (Å²) < 4.78 is 10.7. The highest BCUT2D eigenvalue weighted by Gasteiger charge is 2.08. The number of hydrogen-bond donors (Lipinski definition) is 1. The zero-order chi connectivity index (χ0) is 10.2. The smallest absolute Gasteiger partial charge is 0.145 e. The van der Waals surface area contributed by atoms with Gasteiger partial charge in [0.1, 0.15) is 11.9 Å². The van der Waals surface area contributed by atoms with E-state index >= 15 is 0 Å². The third-order valence-electron chi connectivity index (χ3n) is 1.76. The zero-order valence-electron chi connectivity index (χ0n) is 8.35. The van der Waals surface area contributed by atoms with Gasteiger partial charge in [-0.15, -0.1) is 0 Å². The topological polar surface area (TPSA) is 38.7 Å². The standard InChI is InChI=1S/C11H16O3/c1-2-13-9-11(8-12)14-10-6-4-3-5-7-10/h3-7,11-12H,2,8-9H2,1H3. The first kappa shape index (κ1) is 11.0. The van der Waals surface area contributed by atoms with Gasteiger partial charge in [-0.05, 0) is 19.1 Å². The molecule has 1 rings (SSSR count). The van der Waals surface area contributed by atoms with E-state index in [0.717, 1.165) is 5.75 Å². The van der Waals surface area contributed by atoms with Gasteiger partial charge < -0.3 is 14.6 Å². The summed E-state index contributed by atoms with van der Waals surface area (Å²) in [6.07, 6.45) is -0.280. The second-order valence-electron chi connectivity index (χ2n) is 2.89. The largest absolute Gasteiger partial charge is 0.486 e. The van der Waals surface area contributed by atoms with Crippen LogP contribution >= 0.6 is 0 Å². The van der Waals surface area contributed by atoms with E-state index < -0.39 is 0 Å². The Morgan fingerprint density at radius 3 is 2.57 bits per heavy atom. The molecule has 0 heterocycles. The van der Waals surface area contributed by atoms with E-state index in [1.54, 1.807) is 0 Å². The minimum atomic E-state index is -0.280. The maximum Gasteiger partial charge on any atom is 0.145 e. The lowest BCUT2D eigenvalue weighted by Crippen LogP contribution is -2.27. The molecule has 1 unspecified atom stereocenters. The first-order valence-electron chi connectivity index (χ1n) is 4.77. The number of aliphatic hydroxyl groups is 1. The quantitative estimate of drug-likeness (QED) is 0.748. The van der Waals surface area contributed by atoms with Crippen LogP contribution in [0.15, 0.2) is 30.3 Å². The predicted molar refractivity (Wildman–Crippen MR) is 54.4 cm³/mol. The second-order valence-corrected chi connectivity index (χ2v) is 2.89. The molecule has 0 saturated carbocycles. The predicted octanol–water partition coefficient (Wildman–Crippen LogP) is 1.46. The van der Waals surface area contributed by atoms with Gasteiger partial charge in [-0.25, -0.2) is 0 Å². The van der Waals surface area contributed by atoms with Crippen LogP contribution in [0.2, 0.25) is 0 Å². The fraction of sp³-hybridized carbons (Fsp3) is 0.455. The summed E-state index contributed by atoms with van der Waals surface area (Å²) in [6, 6.07) is 9.42. The molecule has 0 saturated heterocycles. The van der Waals surface area contributed by atoms with E-state index in [1.165, 1.54) is 0 Å². The molecular weight excluding hydrogens is 180 g/mol. The van der Waals surface area contributed by atoms with Crippen LogP contribution in [0, 0.1) is 0 Å². The minimum Gasteiger partial charge on any atom is -0.486 e. The summed E-state index contributed by atoms with van der Waals surface area (Å²) in [5, 5.41) is 9.01. The lowest BCUT2D eigenvalue weighted by Gasteiger charge is -2.16. The van der Waals surface area contributed by atoms with Crippen molar-refractivity contribution in [3.05, 3.63) is 30.3 Å². The molecule has 1 aromatic rings. The molecular formula is C11H16O3. The van der Waals surface area contributed by atoms with E-state index in [9.17, 15) is 0 Å². The highest BCUT2D eigenvalue weighted by Crippen LogP contribution is 2.10.